The van der Waals surface area contributed by atoms with E-state index in [4.69, 9.17) is 4.74 Å². The Hall–Kier alpha value is -2.67. The molecule has 1 fully saturated rings. The summed E-state index contributed by atoms with van der Waals surface area (Å²) in [7, 11) is 3.54. The Kier molecular flexibility index (Phi) is 9.89. The van der Waals surface area contributed by atoms with Crippen molar-refractivity contribution in [1.82, 2.24) is 15.5 Å². The smallest absolute Gasteiger partial charge is 0.333 e. The number of ether oxygens (including phenoxy) is 1. The van der Waals surface area contributed by atoms with Crippen molar-refractivity contribution in [2.45, 2.75) is 78.9 Å². The number of likely N-dealkylation sites (N-methyl/N-ethyl adjacent to an activating group) is 2. The van der Waals surface area contributed by atoms with Gasteiger partial charge in [0.1, 0.15) is 11.6 Å². The summed E-state index contributed by atoms with van der Waals surface area (Å²) in [6.45, 7) is 13.6. The number of hydrogen-bond donors (Lipinski definition) is 2. The van der Waals surface area contributed by atoms with Crippen LogP contribution < -0.4 is 10.6 Å². The molecule has 7 heteroatoms. The van der Waals surface area contributed by atoms with Crippen LogP contribution in [-0.4, -0.2) is 55.5 Å². The van der Waals surface area contributed by atoms with Gasteiger partial charge in [0.05, 0.1) is 12.6 Å². The monoisotopic (exact) mass is 499 g/mol. The maximum absolute atomic E-state index is 14.0. The average molecular weight is 500 g/mol. The maximum atomic E-state index is 14.0. The average Bonchev–Trinajstić information content (AvgIpc) is 3.66. The van der Waals surface area contributed by atoms with Crippen LogP contribution in [0.1, 0.15) is 66.9 Å². The lowest BCUT2D eigenvalue weighted by molar-refractivity contribution is -0.142. The predicted octanol–water partition coefficient (Wildman–Crippen LogP) is 4.03. The number of nitrogens with one attached hydrogen (secondary N) is 2. The third kappa shape index (κ3) is 6.55. The Morgan fingerprint density at radius 2 is 1.72 bits per heavy atom. The van der Waals surface area contributed by atoms with Crippen molar-refractivity contribution in [3.63, 3.8) is 0 Å². The molecule has 2 amide bonds. The zero-order valence-corrected chi connectivity index (χ0v) is 23.5. The number of carbonyl (C=O) groups is 3. The molecule has 2 N–H and O–H groups in total. The molecule has 0 radical (unpaired) electrons. The summed E-state index contributed by atoms with van der Waals surface area (Å²) in [6.07, 6.45) is 3.68. The molecule has 200 valence electrons. The first kappa shape index (κ1) is 29.6. The zero-order valence-electron chi connectivity index (χ0n) is 23.5. The topological polar surface area (TPSA) is 87.7 Å². The minimum atomic E-state index is -0.901. The molecule has 1 saturated carbocycles. The molecule has 0 aromatic heterocycles. The van der Waals surface area contributed by atoms with Crippen molar-refractivity contribution in [2.75, 3.05) is 20.7 Å². The fourth-order valence-electron chi connectivity index (χ4n) is 4.80. The van der Waals surface area contributed by atoms with Gasteiger partial charge in [-0.05, 0) is 56.6 Å². The molecule has 0 spiro atoms. The lowest BCUT2D eigenvalue weighted by atomic mass is 9.81. The van der Waals surface area contributed by atoms with E-state index >= 15 is 0 Å². The fraction of sp³-hybridized carbons (Fsp3) is 0.621. The van der Waals surface area contributed by atoms with Gasteiger partial charge in [-0.3, -0.25) is 9.59 Å². The summed E-state index contributed by atoms with van der Waals surface area (Å²) < 4.78 is 5.12. The van der Waals surface area contributed by atoms with E-state index in [-0.39, 0.29) is 29.7 Å². The van der Waals surface area contributed by atoms with Gasteiger partial charge >= 0.3 is 5.97 Å². The first-order valence-electron chi connectivity index (χ1n) is 13.0. The minimum absolute atomic E-state index is 0.0480. The highest BCUT2D eigenvalue weighted by molar-refractivity contribution is 5.94. The molecule has 3 atom stereocenters. The van der Waals surface area contributed by atoms with Crippen LogP contribution >= 0.6 is 0 Å². The van der Waals surface area contributed by atoms with Gasteiger partial charge in [0.15, 0.2) is 0 Å². The summed E-state index contributed by atoms with van der Waals surface area (Å²) in [5, 5.41) is 6.45. The third-order valence-corrected chi connectivity index (χ3v) is 7.06. The molecule has 0 saturated heterocycles. The quantitative estimate of drug-likeness (QED) is 0.355. The van der Waals surface area contributed by atoms with Gasteiger partial charge in [-0.2, -0.15) is 0 Å². The van der Waals surface area contributed by atoms with Crippen molar-refractivity contribution in [1.29, 1.82) is 0 Å². The van der Waals surface area contributed by atoms with Gasteiger partial charge in [-0.15, -0.1) is 0 Å². The molecule has 0 bridgehead atoms. The maximum Gasteiger partial charge on any atom is 0.333 e. The van der Waals surface area contributed by atoms with E-state index in [1.807, 2.05) is 72.0 Å². The summed E-state index contributed by atoms with van der Waals surface area (Å²) >= 11 is 0. The number of esters is 1. The highest BCUT2D eigenvalue weighted by Crippen LogP contribution is 2.46. The Labute approximate surface area is 217 Å². The van der Waals surface area contributed by atoms with E-state index in [9.17, 15) is 14.4 Å². The standard InChI is InChI=1S/C29H45N3O4/c1-10-36-26(34)20(4)18-23(19(2)3)32(9)25(33)24(28(5,6)7)31-27(35)29(30-8,22-16-17-22)21-14-12-11-13-15-21/h11-15,18-19,22-24,30H,10,16-17H2,1-9H3,(H,31,35)/b20-18+. The Balaban J connectivity index is 2.40. The molecular formula is C29H45N3O4. The second-order valence-corrected chi connectivity index (χ2v) is 11.2. The van der Waals surface area contributed by atoms with Crippen LogP contribution in [0.5, 0.6) is 0 Å². The summed E-state index contributed by atoms with van der Waals surface area (Å²) in [4.78, 5) is 41.8. The normalized spacial score (nSPS) is 17.7. The number of carbonyl (C=O) groups excluding carboxylic acids is 3. The van der Waals surface area contributed by atoms with E-state index in [0.717, 1.165) is 18.4 Å². The number of nitrogens with zero attached hydrogens (tertiary/aromatic N) is 1. The third-order valence-electron chi connectivity index (χ3n) is 7.06. The lowest BCUT2D eigenvalue weighted by Gasteiger charge is -2.40. The van der Waals surface area contributed by atoms with E-state index in [1.165, 1.54) is 0 Å². The molecule has 7 nitrogen and oxygen atoms in total. The van der Waals surface area contributed by atoms with Crippen molar-refractivity contribution in [3.8, 4) is 0 Å². The zero-order chi connectivity index (χ0) is 27.3. The van der Waals surface area contributed by atoms with Gasteiger partial charge in [0.25, 0.3) is 0 Å². The van der Waals surface area contributed by atoms with Crippen molar-refractivity contribution < 1.29 is 19.1 Å². The summed E-state index contributed by atoms with van der Waals surface area (Å²) in [5.41, 5.74) is -0.0866. The number of rotatable bonds is 11. The summed E-state index contributed by atoms with van der Waals surface area (Å²) in [5.74, 6) is -0.574. The molecule has 1 aromatic rings. The van der Waals surface area contributed by atoms with Crippen LogP contribution in [0.3, 0.4) is 0 Å². The molecule has 1 aromatic carbocycles. The van der Waals surface area contributed by atoms with Gasteiger partial charge in [-0.1, -0.05) is 71.0 Å². The van der Waals surface area contributed by atoms with Gasteiger partial charge in [0, 0.05) is 12.6 Å². The molecule has 36 heavy (non-hydrogen) atoms. The highest BCUT2D eigenvalue weighted by atomic mass is 16.5. The molecule has 3 unspecified atom stereocenters. The molecular weight excluding hydrogens is 454 g/mol. The van der Waals surface area contributed by atoms with Crippen molar-refractivity contribution in [2.24, 2.45) is 17.3 Å². The van der Waals surface area contributed by atoms with Crippen LogP contribution in [-0.2, 0) is 24.7 Å². The van der Waals surface area contributed by atoms with Gasteiger partial charge in [0.2, 0.25) is 11.8 Å². The van der Waals surface area contributed by atoms with Crippen LogP contribution in [0.25, 0.3) is 0 Å². The SMILES string of the molecule is CCOC(=O)/C(C)=C/C(C(C)C)N(C)C(=O)C(NC(=O)C(NC)(c1ccccc1)C1CC1)C(C)(C)C. The Morgan fingerprint density at radius 1 is 1.14 bits per heavy atom. The highest BCUT2D eigenvalue weighted by Gasteiger charge is 2.52. The minimum Gasteiger partial charge on any atom is -0.463 e. The Bertz CT molecular complexity index is 947. The lowest BCUT2D eigenvalue weighted by Crippen LogP contribution is -2.62. The molecule has 0 aliphatic heterocycles. The Morgan fingerprint density at radius 3 is 2.17 bits per heavy atom. The number of amides is 2. The number of hydrogen-bond acceptors (Lipinski definition) is 5. The van der Waals surface area contributed by atoms with E-state index in [0.29, 0.717) is 12.2 Å². The second-order valence-electron chi connectivity index (χ2n) is 11.2. The molecule has 1 aliphatic rings. The second kappa shape index (κ2) is 12.0. The fourth-order valence-corrected chi connectivity index (χ4v) is 4.80. The van der Waals surface area contributed by atoms with Gasteiger partial charge < -0.3 is 20.3 Å². The molecule has 1 aliphatic carbocycles. The molecule has 0 heterocycles. The largest absolute Gasteiger partial charge is 0.463 e. The van der Waals surface area contributed by atoms with Crippen LogP contribution in [0.15, 0.2) is 42.0 Å². The molecule has 2 rings (SSSR count). The van der Waals surface area contributed by atoms with Crippen molar-refractivity contribution >= 4 is 17.8 Å². The first-order chi connectivity index (χ1) is 16.8. The first-order valence-corrected chi connectivity index (χ1v) is 13.0. The predicted molar refractivity (Wildman–Crippen MR) is 143 cm³/mol. The van der Waals surface area contributed by atoms with Gasteiger partial charge in [-0.25, -0.2) is 4.79 Å². The van der Waals surface area contributed by atoms with E-state index in [1.54, 1.807) is 31.9 Å². The van der Waals surface area contributed by atoms with Crippen LogP contribution in [0, 0.1) is 17.3 Å². The van der Waals surface area contributed by atoms with E-state index < -0.39 is 23.0 Å². The van der Waals surface area contributed by atoms with Crippen molar-refractivity contribution in [3.05, 3.63) is 47.5 Å². The summed E-state index contributed by atoms with van der Waals surface area (Å²) in [6, 6.07) is 8.63. The number of benzene rings is 1. The van der Waals surface area contributed by atoms with Crippen LogP contribution in [0.2, 0.25) is 0 Å². The van der Waals surface area contributed by atoms with E-state index in [2.05, 4.69) is 10.6 Å². The van der Waals surface area contributed by atoms with Crippen LogP contribution in [0.4, 0.5) is 0 Å².